The van der Waals surface area contributed by atoms with Crippen LogP contribution in [-0.2, 0) is 11.3 Å². The Hall–Kier alpha value is -2.89. The summed E-state index contributed by atoms with van der Waals surface area (Å²) in [5.74, 6) is 1.56. The van der Waals surface area contributed by atoms with Crippen LogP contribution < -0.4 is 10.2 Å². The van der Waals surface area contributed by atoms with E-state index in [-0.39, 0.29) is 0 Å². The van der Waals surface area contributed by atoms with Crippen molar-refractivity contribution < 1.29 is 4.79 Å². The molecule has 1 amide bonds. The number of pyridine rings is 1. The van der Waals surface area contributed by atoms with Gasteiger partial charge in [0.25, 0.3) is 0 Å². The van der Waals surface area contributed by atoms with E-state index in [1.165, 1.54) is 16.8 Å². The van der Waals surface area contributed by atoms with Crippen LogP contribution in [0.4, 0.5) is 5.69 Å². The van der Waals surface area contributed by atoms with Crippen LogP contribution >= 0.6 is 0 Å². The smallest absolute Gasteiger partial charge is 0.222 e. The molecule has 0 spiro atoms. The number of amides is 1. The number of aryl methyl sites for hydroxylation is 1. The predicted molar refractivity (Wildman–Crippen MR) is 116 cm³/mol. The zero-order valence-electron chi connectivity index (χ0n) is 17.3. The first-order chi connectivity index (χ1) is 14.2. The number of benzene rings is 1. The van der Waals surface area contributed by atoms with Gasteiger partial charge >= 0.3 is 0 Å². The largest absolute Gasteiger partial charge is 0.350 e. The van der Waals surface area contributed by atoms with E-state index < -0.39 is 0 Å². The molecule has 152 valence electrons. The number of para-hydroxylation sites is 1. The zero-order chi connectivity index (χ0) is 20.2. The maximum atomic E-state index is 12.0. The van der Waals surface area contributed by atoms with Crippen molar-refractivity contribution in [2.45, 2.75) is 38.6 Å². The van der Waals surface area contributed by atoms with E-state index in [1.54, 1.807) is 0 Å². The molecule has 29 heavy (non-hydrogen) atoms. The number of aromatic nitrogens is 1. The lowest BCUT2D eigenvalue weighted by molar-refractivity contribution is -0.127. The highest BCUT2D eigenvalue weighted by Gasteiger charge is 2.32. The summed E-state index contributed by atoms with van der Waals surface area (Å²) in [6.45, 7) is 5.34. The van der Waals surface area contributed by atoms with Gasteiger partial charge in [0.2, 0.25) is 5.91 Å². The van der Waals surface area contributed by atoms with E-state index in [0.717, 1.165) is 44.1 Å². The number of likely N-dealkylation sites (tertiary alicyclic amines) is 1. The van der Waals surface area contributed by atoms with Gasteiger partial charge in [-0.05, 0) is 43.0 Å². The molecular formula is C23H29N5O. The van der Waals surface area contributed by atoms with E-state index in [9.17, 15) is 4.79 Å². The van der Waals surface area contributed by atoms with E-state index in [4.69, 9.17) is 0 Å². The molecule has 0 bridgehead atoms. The lowest BCUT2D eigenvalue weighted by atomic mass is 9.98. The molecule has 3 heterocycles. The first-order valence-electron chi connectivity index (χ1n) is 10.4. The second-order valence-corrected chi connectivity index (χ2v) is 7.81. The highest BCUT2D eigenvalue weighted by atomic mass is 16.2. The number of hydrogen-bond donors (Lipinski definition) is 1. The highest BCUT2D eigenvalue weighted by Crippen LogP contribution is 2.38. The van der Waals surface area contributed by atoms with Crippen molar-refractivity contribution in [3.05, 3.63) is 59.4 Å². The Morgan fingerprint density at radius 2 is 2.14 bits per heavy atom. The molecule has 1 aromatic carbocycles. The fraction of sp³-hybridized carbons (Fsp3) is 0.435. The van der Waals surface area contributed by atoms with Crippen molar-refractivity contribution in [3.8, 4) is 0 Å². The van der Waals surface area contributed by atoms with Gasteiger partial charge in [-0.15, -0.1) is 0 Å². The minimum Gasteiger partial charge on any atom is -0.350 e. The molecule has 0 radical (unpaired) electrons. The molecule has 4 rings (SSSR count). The Morgan fingerprint density at radius 1 is 1.28 bits per heavy atom. The topological polar surface area (TPSA) is 60.8 Å². The number of aliphatic imine (C=N–C) groups is 1. The van der Waals surface area contributed by atoms with Crippen LogP contribution in [0, 0.1) is 6.92 Å². The van der Waals surface area contributed by atoms with Crippen LogP contribution in [0.5, 0.6) is 0 Å². The Bertz CT molecular complexity index is 910. The zero-order valence-corrected chi connectivity index (χ0v) is 17.3. The summed E-state index contributed by atoms with van der Waals surface area (Å²) in [6.07, 6.45) is 4.51. The summed E-state index contributed by atoms with van der Waals surface area (Å²) >= 11 is 0. The molecule has 1 aromatic heterocycles. The van der Waals surface area contributed by atoms with Crippen molar-refractivity contribution in [2.75, 3.05) is 31.6 Å². The number of hydrogen-bond acceptors (Lipinski definition) is 3. The molecule has 2 aromatic rings. The molecule has 6 nitrogen and oxygen atoms in total. The molecule has 1 saturated heterocycles. The lowest BCUT2D eigenvalue weighted by Crippen LogP contribution is -2.41. The molecule has 0 aliphatic carbocycles. The number of nitrogens with zero attached hydrogens (tertiary/aromatic N) is 4. The van der Waals surface area contributed by atoms with Gasteiger partial charge in [-0.1, -0.05) is 24.3 Å². The third kappa shape index (κ3) is 4.11. The van der Waals surface area contributed by atoms with E-state index in [2.05, 4.69) is 57.4 Å². The fourth-order valence-electron chi connectivity index (χ4n) is 4.36. The molecule has 1 unspecified atom stereocenters. The summed E-state index contributed by atoms with van der Waals surface area (Å²) in [5.41, 5.74) is 4.75. The quantitative estimate of drug-likeness (QED) is 0.629. The first-order valence-corrected chi connectivity index (χ1v) is 10.4. The average molecular weight is 392 g/mol. The Labute approximate surface area is 172 Å². The van der Waals surface area contributed by atoms with Crippen LogP contribution in [0.2, 0.25) is 0 Å². The molecule has 6 heteroatoms. The lowest BCUT2D eigenvalue weighted by Gasteiger charge is -2.23. The number of anilines is 1. The number of carbonyl (C=O) groups excluding carboxylic acids is 1. The normalized spacial score (nSPS) is 19.0. The van der Waals surface area contributed by atoms with E-state index in [0.29, 0.717) is 24.8 Å². The molecular weight excluding hydrogens is 362 g/mol. The number of rotatable bonds is 5. The van der Waals surface area contributed by atoms with Crippen LogP contribution in [0.15, 0.2) is 47.6 Å². The highest BCUT2D eigenvalue weighted by molar-refractivity contribution is 5.98. The third-order valence-electron chi connectivity index (χ3n) is 5.99. The number of nitrogens with one attached hydrogen (secondary N) is 1. The first kappa shape index (κ1) is 19.4. The summed E-state index contributed by atoms with van der Waals surface area (Å²) < 4.78 is 0. The molecule has 1 fully saturated rings. The molecule has 1 atom stereocenters. The van der Waals surface area contributed by atoms with Gasteiger partial charge in [0, 0.05) is 50.9 Å². The van der Waals surface area contributed by atoms with Gasteiger partial charge in [0.1, 0.15) is 0 Å². The molecule has 0 saturated carbocycles. The SMILES string of the molecule is CN=C(NCc1ncccc1C)N1CC(CCN2CCCC2=O)c2ccccc21. The maximum Gasteiger partial charge on any atom is 0.222 e. The van der Waals surface area contributed by atoms with Gasteiger partial charge in [-0.3, -0.25) is 14.8 Å². The number of fused-ring (bicyclic) bond motifs is 1. The minimum atomic E-state index is 0.302. The van der Waals surface area contributed by atoms with Crippen molar-refractivity contribution in [3.63, 3.8) is 0 Å². The van der Waals surface area contributed by atoms with Crippen molar-refractivity contribution in [1.82, 2.24) is 15.2 Å². The minimum absolute atomic E-state index is 0.302. The van der Waals surface area contributed by atoms with E-state index in [1.807, 2.05) is 24.2 Å². The summed E-state index contributed by atoms with van der Waals surface area (Å²) in [5, 5.41) is 3.48. The van der Waals surface area contributed by atoms with Crippen molar-refractivity contribution in [1.29, 1.82) is 0 Å². The Kier molecular flexibility index (Phi) is 5.79. The molecule has 2 aliphatic heterocycles. The summed E-state index contributed by atoms with van der Waals surface area (Å²) in [4.78, 5) is 25.3. The number of carbonyl (C=O) groups is 1. The molecule has 2 aliphatic rings. The monoisotopic (exact) mass is 391 g/mol. The predicted octanol–water partition coefficient (Wildman–Crippen LogP) is 3.08. The third-order valence-corrected chi connectivity index (χ3v) is 5.99. The van der Waals surface area contributed by atoms with E-state index >= 15 is 0 Å². The van der Waals surface area contributed by atoms with Crippen LogP contribution in [0.1, 0.15) is 42.0 Å². The van der Waals surface area contributed by atoms with Crippen LogP contribution in [0.25, 0.3) is 0 Å². The van der Waals surface area contributed by atoms with Gasteiger partial charge < -0.3 is 15.1 Å². The second-order valence-electron chi connectivity index (χ2n) is 7.81. The van der Waals surface area contributed by atoms with Gasteiger partial charge in [-0.2, -0.15) is 0 Å². The Morgan fingerprint density at radius 3 is 2.90 bits per heavy atom. The van der Waals surface area contributed by atoms with Crippen molar-refractivity contribution >= 4 is 17.6 Å². The average Bonchev–Trinajstić information content (AvgIpc) is 3.32. The van der Waals surface area contributed by atoms with Gasteiger partial charge in [0.15, 0.2) is 5.96 Å². The van der Waals surface area contributed by atoms with Crippen LogP contribution in [0.3, 0.4) is 0 Å². The van der Waals surface area contributed by atoms with Crippen LogP contribution in [-0.4, -0.2) is 48.4 Å². The fourth-order valence-corrected chi connectivity index (χ4v) is 4.36. The standard InChI is InChI=1S/C23H29N5O/c1-17-7-5-12-25-20(17)15-26-23(24-2)28-16-18(19-8-3-4-9-21(19)28)11-14-27-13-6-10-22(27)29/h3-5,7-9,12,18H,6,10-11,13-16H2,1-2H3,(H,24,26). The maximum absolute atomic E-state index is 12.0. The van der Waals surface area contributed by atoms with Gasteiger partial charge in [0.05, 0.1) is 12.2 Å². The van der Waals surface area contributed by atoms with Crippen molar-refractivity contribution in [2.24, 2.45) is 4.99 Å². The number of guanidine groups is 1. The summed E-state index contributed by atoms with van der Waals surface area (Å²) in [7, 11) is 1.83. The van der Waals surface area contributed by atoms with Gasteiger partial charge in [-0.25, -0.2) is 0 Å². The Balaban J connectivity index is 1.46. The second kappa shape index (κ2) is 8.64. The molecule has 1 N–H and O–H groups in total. The summed E-state index contributed by atoms with van der Waals surface area (Å²) in [6, 6.07) is 12.6.